The van der Waals surface area contributed by atoms with Crippen molar-refractivity contribution in [3.63, 3.8) is 0 Å². The minimum atomic E-state index is 0.702. The van der Waals surface area contributed by atoms with Gasteiger partial charge in [0.15, 0.2) is 0 Å². The van der Waals surface area contributed by atoms with E-state index < -0.39 is 0 Å². The van der Waals surface area contributed by atoms with Crippen LogP contribution in [0.4, 0.5) is 0 Å². The summed E-state index contributed by atoms with van der Waals surface area (Å²) in [6.45, 7) is 6.28. The van der Waals surface area contributed by atoms with Crippen LogP contribution < -0.4 is 5.32 Å². The topological polar surface area (TPSA) is 15.3 Å². The molecule has 0 amide bonds. The molecule has 1 saturated heterocycles. The van der Waals surface area contributed by atoms with E-state index in [1.165, 1.54) is 64.6 Å². The second kappa shape index (κ2) is 5.27. The lowest BCUT2D eigenvalue weighted by molar-refractivity contribution is 0.0713. The van der Waals surface area contributed by atoms with Gasteiger partial charge < -0.3 is 5.32 Å². The van der Waals surface area contributed by atoms with Gasteiger partial charge in [-0.1, -0.05) is 19.3 Å². The molecule has 3 aliphatic rings. The van der Waals surface area contributed by atoms with Crippen LogP contribution in [-0.2, 0) is 0 Å². The Hall–Kier alpha value is -0.0800. The van der Waals surface area contributed by atoms with Crippen molar-refractivity contribution in [3.8, 4) is 0 Å². The molecule has 0 radical (unpaired) electrons. The lowest BCUT2D eigenvalue weighted by Crippen LogP contribution is -2.58. The van der Waals surface area contributed by atoms with Crippen molar-refractivity contribution in [2.45, 2.75) is 64.0 Å². The van der Waals surface area contributed by atoms with E-state index in [9.17, 15) is 0 Å². The zero-order valence-corrected chi connectivity index (χ0v) is 11.3. The number of nitrogens with one attached hydrogen (secondary N) is 1. The van der Waals surface area contributed by atoms with E-state index >= 15 is 0 Å². The van der Waals surface area contributed by atoms with Crippen LogP contribution in [-0.4, -0.2) is 36.6 Å². The molecule has 0 aromatic heterocycles. The first-order chi connectivity index (χ1) is 8.33. The summed E-state index contributed by atoms with van der Waals surface area (Å²) in [4.78, 5) is 2.84. The Morgan fingerprint density at radius 1 is 1.06 bits per heavy atom. The summed E-state index contributed by atoms with van der Waals surface area (Å²) in [6, 6.07) is 1.56. The second-order valence-corrected chi connectivity index (χ2v) is 6.67. The van der Waals surface area contributed by atoms with Gasteiger partial charge in [-0.05, 0) is 44.4 Å². The molecular weight excluding hydrogens is 208 g/mol. The minimum absolute atomic E-state index is 0.702. The second-order valence-electron chi connectivity index (χ2n) is 6.67. The molecule has 1 N–H and O–H groups in total. The van der Waals surface area contributed by atoms with Crippen molar-refractivity contribution in [2.24, 2.45) is 11.8 Å². The molecule has 3 fully saturated rings. The molecule has 2 unspecified atom stereocenters. The maximum absolute atomic E-state index is 3.71. The van der Waals surface area contributed by atoms with Crippen molar-refractivity contribution in [1.29, 1.82) is 0 Å². The van der Waals surface area contributed by atoms with E-state index in [0.717, 1.165) is 17.9 Å². The summed E-state index contributed by atoms with van der Waals surface area (Å²) in [5, 5.41) is 3.71. The molecule has 0 bridgehead atoms. The van der Waals surface area contributed by atoms with Gasteiger partial charge in [-0.3, -0.25) is 4.90 Å². The third-order valence-electron chi connectivity index (χ3n) is 5.04. The molecular formula is C15H28N2. The van der Waals surface area contributed by atoms with Gasteiger partial charge in [-0.25, -0.2) is 0 Å². The quantitative estimate of drug-likeness (QED) is 0.810. The zero-order valence-electron chi connectivity index (χ0n) is 11.3. The monoisotopic (exact) mass is 236 g/mol. The fourth-order valence-corrected chi connectivity index (χ4v) is 3.83. The fraction of sp³-hybridized carbons (Fsp3) is 1.00. The van der Waals surface area contributed by atoms with E-state index in [-0.39, 0.29) is 0 Å². The maximum Gasteiger partial charge on any atom is 0.0249 e. The number of hydrogen-bond donors (Lipinski definition) is 1. The summed E-state index contributed by atoms with van der Waals surface area (Å²) in [7, 11) is 0. The van der Waals surface area contributed by atoms with Crippen molar-refractivity contribution >= 4 is 0 Å². The third-order valence-corrected chi connectivity index (χ3v) is 5.04. The largest absolute Gasteiger partial charge is 0.311 e. The zero-order chi connectivity index (χ0) is 11.7. The van der Waals surface area contributed by atoms with Crippen LogP contribution in [0.2, 0.25) is 0 Å². The number of piperazine rings is 1. The van der Waals surface area contributed by atoms with Crippen LogP contribution in [0, 0.1) is 11.8 Å². The Balaban J connectivity index is 1.61. The van der Waals surface area contributed by atoms with Crippen LogP contribution in [0.25, 0.3) is 0 Å². The number of hydrogen-bond acceptors (Lipinski definition) is 2. The molecule has 3 rings (SSSR count). The Morgan fingerprint density at radius 2 is 1.82 bits per heavy atom. The highest BCUT2D eigenvalue weighted by atomic mass is 15.2. The molecule has 2 atom stereocenters. The summed E-state index contributed by atoms with van der Waals surface area (Å²) < 4.78 is 0. The highest BCUT2D eigenvalue weighted by molar-refractivity contribution is 4.92. The van der Waals surface area contributed by atoms with Gasteiger partial charge in [0.05, 0.1) is 0 Å². The van der Waals surface area contributed by atoms with E-state index in [1.54, 1.807) is 0 Å². The lowest BCUT2D eigenvalue weighted by Gasteiger charge is -2.44. The summed E-state index contributed by atoms with van der Waals surface area (Å²) in [6.07, 6.45) is 10.4. The average Bonchev–Trinajstić information content (AvgIpc) is 3.14. The van der Waals surface area contributed by atoms with Crippen LogP contribution in [0.3, 0.4) is 0 Å². The lowest BCUT2D eigenvalue weighted by atomic mass is 9.82. The summed E-state index contributed by atoms with van der Waals surface area (Å²) in [5.74, 6) is 2.04. The molecule has 2 heteroatoms. The molecule has 2 saturated carbocycles. The van der Waals surface area contributed by atoms with Crippen LogP contribution in [0.5, 0.6) is 0 Å². The molecule has 2 aliphatic carbocycles. The van der Waals surface area contributed by atoms with Crippen LogP contribution >= 0.6 is 0 Å². The first-order valence-electron chi connectivity index (χ1n) is 7.80. The molecule has 0 aromatic rings. The fourth-order valence-electron chi connectivity index (χ4n) is 3.83. The van der Waals surface area contributed by atoms with Crippen LogP contribution in [0.15, 0.2) is 0 Å². The normalized spacial score (nSPS) is 37.2. The van der Waals surface area contributed by atoms with Crippen molar-refractivity contribution in [1.82, 2.24) is 10.2 Å². The Labute approximate surface area is 106 Å². The first-order valence-corrected chi connectivity index (χ1v) is 7.80. The smallest absolute Gasteiger partial charge is 0.0249 e. The van der Waals surface area contributed by atoms with Gasteiger partial charge in [0.25, 0.3) is 0 Å². The highest BCUT2D eigenvalue weighted by Gasteiger charge is 2.35. The SMILES string of the molecule is CC1CN(CC2CC2)C(C2CCCCC2)CN1. The van der Waals surface area contributed by atoms with Crippen LogP contribution in [0.1, 0.15) is 51.9 Å². The van der Waals surface area contributed by atoms with E-state index in [4.69, 9.17) is 0 Å². The predicted octanol–water partition coefficient (Wildman–Crippen LogP) is 2.64. The molecule has 0 aromatic carbocycles. The molecule has 0 spiro atoms. The van der Waals surface area contributed by atoms with Crippen molar-refractivity contribution < 1.29 is 0 Å². The molecule has 17 heavy (non-hydrogen) atoms. The van der Waals surface area contributed by atoms with Gasteiger partial charge in [0.2, 0.25) is 0 Å². The number of rotatable bonds is 3. The standard InChI is InChI=1S/C15H28N2/c1-12-10-17(11-13-7-8-13)15(9-16-12)14-5-3-2-4-6-14/h12-16H,2-11H2,1H3. The maximum atomic E-state index is 3.71. The third kappa shape index (κ3) is 3.03. The first kappa shape index (κ1) is 12.0. The minimum Gasteiger partial charge on any atom is -0.311 e. The highest BCUT2D eigenvalue weighted by Crippen LogP contribution is 2.34. The van der Waals surface area contributed by atoms with Gasteiger partial charge in [0, 0.05) is 31.7 Å². The van der Waals surface area contributed by atoms with Crippen molar-refractivity contribution in [2.75, 3.05) is 19.6 Å². The molecule has 98 valence electrons. The number of nitrogens with zero attached hydrogens (tertiary/aromatic N) is 1. The summed E-state index contributed by atoms with van der Waals surface area (Å²) in [5.41, 5.74) is 0. The Kier molecular flexibility index (Phi) is 3.72. The Morgan fingerprint density at radius 3 is 2.53 bits per heavy atom. The van der Waals surface area contributed by atoms with Gasteiger partial charge in [0.1, 0.15) is 0 Å². The van der Waals surface area contributed by atoms with Gasteiger partial charge in [-0.2, -0.15) is 0 Å². The predicted molar refractivity (Wildman–Crippen MR) is 72.1 cm³/mol. The van der Waals surface area contributed by atoms with E-state index in [2.05, 4.69) is 17.1 Å². The van der Waals surface area contributed by atoms with E-state index in [0.29, 0.717) is 6.04 Å². The average molecular weight is 236 g/mol. The van der Waals surface area contributed by atoms with E-state index in [1.807, 2.05) is 0 Å². The molecule has 1 aliphatic heterocycles. The van der Waals surface area contributed by atoms with Gasteiger partial charge >= 0.3 is 0 Å². The Bertz CT molecular complexity index is 241. The van der Waals surface area contributed by atoms with Crippen molar-refractivity contribution in [3.05, 3.63) is 0 Å². The summed E-state index contributed by atoms with van der Waals surface area (Å²) >= 11 is 0. The molecule has 2 nitrogen and oxygen atoms in total. The van der Waals surface area contributed by atoms with Gasteiger partial charge in [-0.15, -0.1) is 0 Å². The molecule has 1 heterocycles.